The number of anilines is 10. The molecule has 0 atom stereocenters. The summed E-state index contributed by atoms with van der Waals surface area (Å²) in [6.45, 7) is 2.55. The third-order valence-electron chi connectivity index (χ3n) is 10.5. The molecule has 20 nitrogen and oxygen atoms in total. The van der Waals surface area contributed by atoms with Gasteiger partial charge in [-0.25, -0.2) is 0 Å². The molecular weight excluding hydrogens is 1100 g/mol. The van der Waals surface area contributed by atoms with Crippen LogP contribution in [0.3, 0.4) is 0 Å². The minimum absolute atomic E-state index is 0. The van der Waals surface area contributed by atoms with Gasteiger partial charge in [0, 0.05) is 96.7 Å². The Balaban J connectivity index is 0.00000446. The maximum Gasteiger partial charge on any atom is 0.416 e. The molecule has 2 aromatic heterocycles. The van der Waals surface area contributed by atoms with Gasteiger partial charge in [0.25, 0.3) is 20.2 Å². The number of alkyl halides is 6. The molecule has 4 heterocycles. The van der Waals surface area contributed by atoms with Crippen LogP contribution in [0.2, 0.25) is 10.0 Å². The fourth-order valence-corrected chi connectivity index (χ4v) is 8.73. The van der Waals surface area contributed by atoms with Gasteiger partial charge in [0.1, 0.15) is 9.79 Å². The van der Waals surface area contributed by atoms with Crippen molar-refractivity contribution in [2.45, 2.75) is 22.1 Å². The van der Waals surface area contributed by atoms with Crippen LogP contribution in [0.25, 0.3) is 12.2 Å². The van der Waals surface area contributed by atoms with Crippen LogP contribution in [-0.4, -0.2) is 168 Å². The first-order chi connectivity index (χ1) is 34.0. The summed E-state index contributed by atoms with van der Waals surface area (Å²) in [6, 6.07) is 12.4. The Kier molecular flexibility index (Phi) is 19.1. The first-order valence-corrected chi connectivity index (χ1v) is 24.5. The van der Waals surface area contributed by atoms with Gasteiger partial charge in [-0.1, -0.05) is 47.5 Å². The van der Waals surface area contributed by atoms with Gasteiger partial charge in [-0.2, -0.15) is 73.1 Å². The molecule has 8 rings (SSSR count). The molecule has 74 heavy (non-hydrogen) atoms. The Morgan fingerprint density at radius 1 is 0.514 bits per heavy atom. The standard InChI is InChI=1S/C42H36Cl2F6N12O8S2.2Na/c43-29-9-5-25(41(45,46)47)19-31(29)53-37-55-35(57-39(59-37)61-11-15-69-16-12-61)51-27-7-3-23(33(21-27)71(63,64)65)1-2-24-4-8-28(22-34(24)72(66,67)68)52-36-56-38(60-40(58-36)62-13-17-70-18-14-62)54-32-20-26(42(48,49)50)6-10-30(32)44;;/h1-10,19-22H,11-18H2,(H,63,64,65)(H,66,67,68)(H2,51,53,55,57,59)(H2,52,54,56,58,60);;. The molecule has 6 aromatic rings. The Hall–Kier alpha value is -4.66. The molecule has 32 heteroatoms. The molecule has 6 N–H and O–H groups in total. The summed E-state index contributed by atoms with van der Waals surface area (Å²) >= 11 is 12.4. The van der Waals surface area contributed by atoms with Crippen LogP contribution < -0.4 is 31.1 Å². The third kappa shape index (κ3) is 15.0. The number of halogens is 8. The van der Waals surface area contributed by atoms with Gasteiger partial charge >= 0.3 is 12.4 Å². The minimum Gasteiger partial charge on any atom is -0.378 e. The van der Waals surface area contributed by atoms with Gasteiger partial charge in [-0.3, -0.25) is 9.11 Å². The summed E-state index contributed by atoms with van der Waals surface area (Å²) in [7, 11) is -10.1. The second-order valence-electron chi connectivity index (χ2n) is 15.4. The van der Waals surface area contributed by atoms with Gasteiger partial charge in [0.2, 0.25) is 35.7 Å². The van der Waals surface area contributed by atoms with Gasteiger partial charge in [0.05, 0.1) is 59.0 Å². The van der Waals surface area contributed by atoms with Gasteiger partial charge in [-0.15, -0.1) is 0 Å². The van der Waals surface area contributed by atoms with Crippen LogP contribution in [0.5, 0.6) is 0 Å². The van der Waals surface area contributed by atoms with Crippen LogP contribution in [0.1, 0.15) is 22.3 Å². The summed E-state index contributed by atoms with van der Waals surface area (Å²) in [5.41, 5.74) is -2.73. The third-order valence-corrected chi connectivity index (χ3v) is 12.9. The van der Waals surface area contributed by atoms with Gasteiger partial charge in [-0.05, 0) is 71.8 Å². The molecule has 2 aliphatic rings. The molecule has 2 fully saturated rings. The molecule has 0 amide bonds. The SMILES string of the molecule is O=S(=O)(O)c1cc(Nc2nc(Nc3cc(C(F)(F)F)ccc3Cl)nc(N3CCOCC3)n2)ccc1C=Cc1ccc(Nc2nc(Nc3cc(C(F)(F)F)ccc3Cl)nc(N3CCOCC3)n2)cc1S(=O)(=O)O.[Na].[Na]. The molecule has 0 bridgehead atoms. The van der Waals surface area contributed by atoms with Gasteiger partial charge in [0.15, 0.2) is 0 Å². The van der Waals surface area contributed by atoms with E-state index in [0.717, 1.165) is 60.7 Å². The van der Waals surface area contributed by atoms with Crippen molar-refractivity contribution in [1.29, 1.82) is 0 Å². The summed E-state index contributed by atoms with van der Waals surface area (Å²) in [5.74, 6) is -0.774. The number of hydrogen-bond acceptors (Lipinski definition) is 18. The number of nitrogens with zero attached hydrogens (tertiary/aromatic N) is 8. The summed E-state index contributed by atoms with van der Waals surface area (Å²) in [4.78, 5) is 28.1. The average molecular weight is 1130 g/mol. The van der Waals surface area contributed by atoms with E-state index in [2.05, 4.69) is 51.2 Å². The normalized spacial score (nSPS) is 14.5. The average Bonchev–Trinajstić information content (AvgIpc) is 3.32. The first kappa shape index (κ1) is 58.6. The number of ether oxygens (including phenoxy) is 2. The first-order valence-electron chi connectivity index (χ1n) is 20.9. The van der Waals surface area contributed by atoms with Crippen molar-refractivity contribution in [3.63, 3.8) is 0 Å². The van der Waals surface area contributed by atoms with E-state index in [9.17, 15) is 52.3 Å². The molecule has 382 valence electrons. The van der Waals surface area contributed by atoms with Crippen LogP contribution in [-0.2, 0) is 42.1 Å². The van der Waals surface area contributed by atoms with Crippen molar-refractivity contribution >= 4 is 173 Å². The minimum atomic E-state index is -5.03. The maximum absolute atomic E-state index is 13.6. The van der Waals surface area contributed by atoms with E-state index in [4.69, 9.17) is 32.7 Å². The second kappa shape index (κ2) is 24.1. The summed E-state index contributed by atoms with van der Waals surface area (Å²) < 4.78 is 164. The van der Waals surface area contributed by atoms with Gasteiger partial charge < -0.3 is 40.5 Å². The van der Waals surface area contributed by atoms with E-state index in [1.807, 2.05) is 0 Å². The molecule has 0 spiro atoms. The van der Waals surface area contributed by atoms with Crippen molar-refractivity contribution in [2.75, 3.05) is 83.7 Å². The smallest absolute Gasteiger partial charge is 0.378 e. The molecule has 0 saturated carbocycles. The largest absolute Gasteiger partial charge is 0.416 e. The summed E-state index contributed by atoms with van der Waals surface area (Å²) in [5, 5.41) is 10.8. The van der Waals surface area contributed by atoms with E-state index in [1.54, 1.807) is 9.80 Å². The monoisotopic (exact) mass is 1130 g/mol. The molecule has 2 radical (unpaired) electrons. The number of rotatable bonds is 14. The van der Waals surface area contributed by atoms with Crippen LogP contribution in [0, 0.1) is 0 Å². The second-order valence-corrected chi connectivity index (χ2v) is 19.0. The van der Waals surface area contributed by atoms with Crippen molar-refractivity contribution in [2.24, 2.45) is 0 Å². The van der Waals surface area contributed by atoms with E-state index in [0.29, 0.717) is 52.6 Å². The maximum atomic E-state index is 13.6. The molecule has 0 aliphatic carbocycles. The van der Waals surface area contributed by atoms with Crippen LogP contribution >= 0.6 is 23.2 Å². The molecule has 4 aromatic carbocycles. The van der Waals surface area contributed by atoms with Crippen molar-refractivity contribution in [1.82, 2.24) is 29.9 Å². The van der Waals surface area contributed by atoms with E-state index in [-0.39, 0.29) is 139 Å². The zero-order chi connectivity index (χ0) is 51.6. The zero-order valence-electron chi connectivity index (χ0n) is 38.5. The van der Waals surface area contributed by atoms with E-state index >= 15 is 0 Å². The van der Waals surface area contributed by atoms with Crippen molar-refractivity contribution in [3.8, 4) is 0 Å². The fraction of sp³-hybridized carbons (Fsp3) is 0.238. The Morgan fingerprint density at radius 3 is 1.18 bits per heavy atom. The van der Waals surface area contributed by atoms with Crippen molar-refractivity contribution in [3.05, 3.63) is 105 Å². The fourth-order valence-electron chi connectivity index (χ4n) is 6.98. The number of aromatic nitrogens is 6. The Morgan fingerprint density at radius 2 is 0.851 bits per heavy atom. The number of benzene rings is 4. The Bertz CT molecular complexity index is 3080. The van der Waals surface area contributed by atoms with E-state index in [1.165, 1.54) is 24.3 Å². The van der Waals surface area contributed by atoms with Crippen LogP contribution in [0.15, 0.2) is 82.6 Å². The predicted octanol–water partition coefficient (Wildman–Crippen LogP) is 7.95. The summed E-state index contributed by atoms with van der Waals surface area (Å²) in [6.07, 6.45) is -7.11. The number of nitrogens with one attached hydrogen (secondary N) is 4. The molecule has 2 saturated heterocycles. The van der Waals surface area contributed by atoms with Crippen LogP contribution in [0.4, 0.5) is 84.8 Å². The quantitative estimate of drug-likeness (QED) is 0.0262. The molecular formula is C42H36Cl2F6N12Na2O8S2. The zero-order valence-corrected chi connectivity index (χ0v) is 45.6. The predicted molar refractivity (Wildman–Crippen MR) is 265 cm³/mol. The topological polar surface area (TPSA) is 259 Å². The number of hydrogen-bond donors (Lipinski definition) is 6. The van der Waals surface area contributed by atoms with E-state index < -0.39 is 53.5 Å². The molecule has 2 aliphatic heterocycles. The Labute approximate surface area is 471 Å². The van der Waals surface area contributed by atoms with Crippen molar-refractivity contribution < 1.29 is 61.8 Å². The molecule has 0 unspecified atom stereocenters. The number of morpholine rings is 2.